The number of amides is 2. The third kappa shape index (κ3) is 10.3. The van der Waals surface area contributed by atoms with Crippen LogP contribution in [0.25, 0.3) is 0 Å². The Morgan fingerprint density at radius 2 is 1.89 bits per heavy atom. The fourth-order valence-electron chi connectivity index (χ4n) is 1.15. The van der Waals surface area contributed by atoms with Gasteiger partial charge in [0, 0.05) is 13.1 Å². The summed E-state index contributed by atoms with van der Waals surface area (Å²) >= 11 is 0. The van der Waals surface area contributed by atoms with Gasteiger partial charge < -0.3 is 26.2 Å². The molecule has 0 heterocycles. The van der Waals surface area contributed by atoms with Gasteiger partial charge in [-0.15, -0.1) is 0 Å². The molecule has 0 spiro atoms. The largest absolute Gasteiger partial charge is 0.444 e. The molecule has 0 saturated carbocycles. The first-order valence-electron chi connectivity index (χ1n) is 6.30. The smallest absolute Gasteiger partial charge is 0.407 e. The number of carbonyl (C=O) groups excluding carboxylic acids is 2. The van der Waals surface area contributed by atoms with Crippen molar-refractivity contribution in [2.75, 3.05) is 13.1 Å². The summed E-state index contributed by atoms with van der Waals surface area (Å²) in [6, 6.07) is -0.728. The lowest BCUT2D eigenvalue weighted by atomic mass is 10.2. The van der Waals surface area contributed by atoms with Gasteiger partial charge in [0.2, 0.25) is 5.91 Å². The van der Waals surface area contributed by atoms with Crippen LogP contribution in [0.3, 0.4) is 0 Å². The molecule has 0 radical (unpaired) electrons. The molecule has 7 heteroatoms. The quantitative estimate of drug-likeness (QED) is 0.532. The van der Waals surface area contributed by atoms with E-state index in [1.165, 1.54) is 0 Å². The van der Waals surface area contributed by atoms with Gasteiger partial charge in [0.05, 0.1) is 12.1 Å². The van der Waals surface area contributed by atoms with Gasteiger partial charge in [-0.1, -0.05) is 0 Å². The van der Waals surface area contributed by atoms with E-state index < -0.39 is 23.8 Å². The van der Waals surface area contributed by atoms with Gasteiger partial charge in [-0.3, -0.25) is 4.79 Å². The van der Waals surface area contributed by atoms with Crippen molar-refractivity contribution in [3.63, 3.8) is 0 Å². The van der Waals surface area contributed by atoms with Gasteiger partial charge in [-0.2, -0.15) is 0 Å². The third-order valence-corrected chi connectivity index (χ3v) is 2.03. The van der Waals surface area contributed by atoms with Crippen molar-refractivity contribution in [2.24, 2.45) is 5.73 Å². The summed E-state index contributed by atoms with van der Waals surface area (Å²) < 4.78 is 5.03. The van der Waals surface area contributed by atoms with Gasteiger partial charge in [-0.05, 0) is 34.1 Å². The van der Waals surface area contributed by atoms with E-state index in [4.69, 9.17) is 15.6 Å². The van der Waals surface area contributed by atoms with E-state index in [-0.39, 0.29) is 19.0 Å². The highest BCUT2D eigenvalue weighted by Gasteiger charge is 2.17. The minimum atomic E-state index is -0.728. The van der Waals surface area contributed by atoms with E-state index in [2.05, 4.69) is 10.6 Å². The summed E-state index contributed by atoms with van der Waals surface area (Å²) in [6.07, 6.45) is -0.856. The molecular formula is C12H25N3O4. The molecular weight excluding hydrogens is 250 g/mol. The number of aliphatic hydroxyl groups is 1. The van der Waals surface area contributed by atoms with Crippen LogP contribution in [-0.2, 0) is 9.53 Å². The van der Waals surface area contributed by atoms with Gasteiger partial charge in [-0.25, -0.2) is 4.79 Å². The Kier molecular flexibility index (Phi) is 7.40. The number of alkyl carbamates (subject to hydrolysis) is 1. The fourth-order valence-corrected chi connectivity index (χ4v) is 1.15. The molecule has 0 aliphatic carbocycles. The summed E-state index contributed by atoms with van der Waals surface area (Å²) in [5, 5.41) is 14.0. The molecule has 112 valence electrons. The highest BCUT2D eigenvalue weighted by atomic mass is 16.6. The Morgan fingerprint density at radius 1 is 1.32 bits per heavy atom. The second-order valence-electron chi connectivity index (χ2n) is 5.42. The van der Waals surface area contributed by atoms with Gasteiger partial charge >= 0.3 is 6.09 Å². The van der Waals surface area contributed by atoms with E-state index in [0.29, 0.717) is 6.42 Å². The SMILES string of the molecule is C[C@@H](O)CNC(=O)[C@@H](N)CCNC(=O)OC(C)(C)C. The van der Waals surface area contributed by atoms with Crippen LogP contribution in [0.2, 0.25) is 0 Å². The lowest BCUT2D eigenvalue weighted by molar-refractivity contribution is -0.122. The lowest BCUT2D eigenvalue weighted by Gasteiger charge is -2.20. The first-order chi connectivity index (χ1) is 8.61. The molecule has 7 nitrogen and oxygen atoms in total. The first-order valence-corrected chi connectivity index (χ1v) is 6.30. The van der Waals surface area contributed by atoms with Crippen LogP contribution < -0.4 is 16.4 Å². The van der Waals surface area contributed by atoms with Crippen molar-refractivity contribution in [3.05, 3.63) is 0 Å². The zero-order chi connectivity index (χ0) is 15.1. The molecule has 2 amide bonds. The highest BCUT2D eigenvalue weighted by molar-refractivity contribution is 5.81. The Morgan fingerprint density at radius 3 is 2.37 bits per heavy atom. The zero-order valence-corrected chi connectivity index (χ0v) is 12.0. The van der Waals surface area contributed by atoms with Crippen molar-refractivity contribution in [2.45, 2.75) is 51.9 Å². The van der Waals surface area contributed by atoms with Crippen LogP contribution in [0.1, 0.15) is 34.1 Å². The number of aliphatic hydroxyl groups excluding tert-OH is 1. The molecule has 0 rings (SSSR count). The van der Waals surface area contributed by atoms with E-state index in [0.717, 1.165) is 0 Å². The summed E-state index contributed by atoms with van der Waals surface area (Å²) in [7, 11) is 0. The van der Waals surface area contributed by atoms with Crippen LogP contribution in [0, 0.1) is 0 Å². The molecule has 5 N–H and O–H groups in total. The van der Waals surface area contributed by atoms with Gasteiger partial charge in [0.25, 0.3) is 0 Å². The normalized spacial score (nSPS) is 14.4. The number of hydrogen-bond acceptors (Lipinski definition) is 5. The monoisotopic (exact) mass is 275 g/mol. The summed E-state index contributed by atoms with van der Waals surface area (Å²) in [4.78, 5) is 22.8. The maximum absolute atomic E-state index is 11.5. The number of ether oxygens (including phenoxy) is 1. The molecule has 0 aromatic heterocycles. The van der Waals surface area contributed by atoms with Crippen LogP contribution in [0.4, 0.5) is 4.79 Å². The predicted octanol–water partition coefficient (Wildman–Crippen LogP) is -0.274. The standard InChI is InChI=1S/C12H25N3O4/c1-8(16)7-15-10(17)9(13)5-6-14-11(18)19-12(2,3)4/h8-9,16H,5-7,13H2,1-4H3,(H,14,18)(H,15,17)/t8-,9+/m1/s1. The van der Waals surface area contributed by atoms with Crippen LogP contribution in [0.5, 0.6) is 0 Å². The Hall–Kier alpha value is -1.34. The minimum Gasteiger partial charge on any atom is -0.444 e. The molecule has 0 aromatic carbocycles. The van der Waals surface area contributed by atoms with Crippen molar-refractivity contribution in [1.82, 2.24) is 10.6 Å². The number of hydrogen-bond donors (Lipinski definition) is 4. The second-order valence-corrected chi connectivity index (χ2v) is 5.42. The average molecular weight is 275 g/mol. The Balaban J connectivity index is 3.82. The van der Waals surface area contributed by atoms with E-state index in [1.54, 1.807) is 27.7 Å². The average Bonchev–Trinajstić information content (AvgIpc) is 2.22. The molecule has 0 bridgehead atoms. The van der Waals surface area contributed by atoms with Crippen molar-refractivity contribution < 1.29 is 19.4 Å². The molecule has 0 aromatic rings. The zero-order valence-electron chi connectivity index (χ0n) is 12.0. The molecule has 0 aliphatic rings. The van der Waals surface area contributed by atoms with Crippen LogP contribution in [0.15, 0.2) is 0 Å². The van der Waals surface area contributed by atoms with Crippen LogP contribution >= 0.6 is 0 Å². The molecule has 0 unspecified atom stereocenters. The first kappa shape index (κ1) is 17.7. The minimum absolute atomic E-state index is 0.159. The van der Waals surface area contributed by atoms with Gasteiger partial charge in [0.15, 0.2) is 0 Å². The predicted molar refractivity (Wildman–Crippen MR) is 71.5 cm³/mol. The maximum Gasteiger partial charge on any atom is 0.407 e. The lowest BCUT2D eigenvalue weighted by Crippen LogP contribution is -2.45. The summed E-state index contributed by atoms with van der Waals surface area (Å²) in [5.41, 5.74) is 5.08. The molecule has 0 fully saturated rings. The van der Waals surface area contributed by atoms with E-state index >= 15 is 0 Å². The van der Waals surface area contributed by atoms with Crippen molar-refractivity contribution >= 4 is 12.0 Å². The van der Waals surface area contributed by atoms with Crippen molar-refractivity contribution in [1.29, 1.82) is 0 Å². The summed E-state index contributed by atoms with van der Waals surface area (Å²) in [6.45, 7) is 7.27. The topological polar surface area (TPSA) is 114 Å². The van der Waals surface area contributed by atoms with Crippen LogP contribution in [-0.4, -0.2) is 47.9 Å². The fraction of sp³-hybridized carbons (Fsp3) is 0.833. The van der Waals surface area contributed by atoms with Crippen molar-refractivity contribution in [3.8, 4) is 0 Å². The number of rotatable bonds is 6. The Labute approximate surface area is 113 Å². The van der Waals surface area contributed by atoms with E-state index in [1.807, 2.05) is 0 Å². The number of nitrogens with one attached hydrogen (secondary N) is 2. The summed E-state index contributed by atoms with van der Waals surface area (Å²) in [5.74, 6) is -0.355. The highest BCUT2D eigenvalue weighted by Crippen LogP contribution is 2.06. The number of carbonyl (C=O) groups is 2. The molecule has 0 aliphatic heterocycles. The van der Waals surface area contributed by atoms with E-state index in [9.17, 15) is 9.59 Å². The third-order valence-electron chi connectivity index (χ3n) is 2.03. The molecule has 0 saturated heterocycles. The maximum atomic E-state index is 11.5. The molecule has 2 atom stereocenters. The number of nitrogens with two attached hydrogens (primary N) is 1. The second kappa shape index (κ2) is 7.96. The molecule has 19 heavy (non-hydrogen) atoms. The Bertz CT molecular complexity index is 300. The van der Waals surface area contributed by atoms with Gasteiger partial charge in [0.1, 0.15) is 5.60 Å².